The van der Waals surface area contributed by atoms with Crippen molar-refractivity contribution in [1.29, 1.82) is 0 Å². The number of amides is 2. The Morgan fingerprint density at radius 1 is 1.38 bits per heavy atom. The minimum atomic E-state index is -4.86. The van der Waals surface area contributed by atoms with Gasteiger partial charge in [0, 0.05) is 6.08 Å². The summed E-state index contributed by atoms with van der Waals surface area (Å²) in [7, 11) is -4.86. The molecule has 2 amide bonds. The van der Waals surface area contributed by atoms with Crippen LogP contribution in [0.4, 0.5) is 4.79 Å². The summed E-state index contributed by atoms with van der Waals surface area (Å²) in [5.74, 6) is -1.79. The molecule has 1 aliphatic heterocycles. The number of β-lactam (4-membered cyclic amide) rings is 1. The molecule has 0 radical (unpaired) electrons. The van der Waals surface area contributed by atoms with Crippen molar-refractivity contribution in [1.82, 2.24) is 9.62 Å². The fourth-order valence-electron chi connectivity index (χ4n) is 2.20. The van der Waals surface area contributed by atoms with Crippen LogP contribution in [0.25, 0.3) is 0 Å². The van der Waals surface area contributed by atoms with Crippen LogP contribution in [0.15, 0.2) is 11.6 Å². The van der Waals surface area contributed by atoms with Gasteiger partial charge >= 0.3 is 51.9 Å². The minimum absolute atomic E-state index is 0. The third kappa shape index (κ3) is 6.54. The topological polar surface area (TPSA) is 139 Å². The van der Waals surface area contributed by atoms with Crippen molar-refractivity contribution in [2.75, 3.05) is 6.61 Å². The first-order valence-corrected chi connectivity index (χ1v) is 8.82. The van der Waals surface area contributed by atoms with Gasteiger partial charge in [-0.15, -0.1) is 0 Å². The average molecular weight is 402 g/mol. The van der Waals surface area contributed by atoms with Gasteiger partial charge in [-0.05, 0) is 40.2 Å². The van der Waals surface area contributed by atoms with E-state index >= 15 is 0 Å². The summed E-state index contributed by atoms with van der Waals surface area (Å²) in [6, 6.07) is -2.57. The van der Waals surface area contributed by atoms with E-state index in [4.69, 9.17) is 9.47 Å². The quantitative estimate of drug-likeness (QED) is 0.169. The first kappa shape index (κ1) is 24.9. The minimum Gasteiger partial charge on any atom is -1.00 e. The Morgan fingerprint density at radius 2 is 1.92 bits per heavy atom. The van der Waals surface area contributed by atoms with Crippen LogP contribution in [0.5, 0.6) is 0 Å². The Balaban J connectivity index is 0. The van der Waals surface area contributed by atoms with Gasteiger partial charge in [-0.3, -0.25) is 9.35 Å². The van der Waals surface area contributed by atoms with Crippen LogP contribution in [0.3, 0.4) is 0 Å². The molecule has 0 aliphatic carbocycles. The molecular weight excluding hydrogens is 379 g/mol. The fourth-order valence-corrected chi connectivity index (χ4v) is 3.11. The smallest absolute Gasteiger partial charge is 1.00 e. The number of carbonyl (C=O) groups excluding carboxylic acids is 3. The first-order chi connectivity index (χ1) is 11.3. The number of nitrogens with one attached hydrogen (secondary N) is 1. The van der Waals surface area contributed by atoms with E-state index in [0.29, 0.717) is 0 Å². The van der Waals surface area contributed by atoms with E-state index in [1.165, 1.54) is 6.92 Å². The van der Waals surface area contributed by atoms with Gasteiger partial charge in [-0.1, -0.05) is 0 Å². The zero-order chi connectivity index (χ0) is 19.6. The van der Waals surface area contributed by atoms with Crippen molar-refractivity contribution in [3.05, 3.63) is 11.6 Å². The molecule has 0 spiro atoms. The number of carbonyl (C=O) groups is 3. The number of ether oxygens (including phenoxy) is 2. The molecule has 1 saturated heterocycles. The summed E-state index contributed by atoms with van der Waals surface area (Å²) in [6.45, 7) is 7.91. The predicted octanol–water partition coefficient (Wildman–Crippen LogP) is -2.48. The molecule has 1 heterocycles. The number of hydrogen-bond donors (Lipinski definition) is 2. The van der Waals surface area contributed by atoms with Crippen molar-refractivity contribution in [2.45, 2.75) is 52.3 Å². The molecule has 0 saturated carbocycles. The largest absolute Gasteiger partial charge is 1.00 e. The third-order valence-electron chi connectivity index (χ3n) is 3.07. The summed E-state index contributed by atoms with van der Waals surface area (Å²) in [5.41, 5.74) is -0.720. The monoisotopic (exact) mass is 402 g/mol. The standard InChI is InChI=1S/C14H22N2O8S.Na.H/c1-6-23-9(17)7-8(2)11-10(12(18)16(11)25(20,21)22)15-13(19)24-14(3,4)5;;/h7,10-11H,6H2,1-5H3,(H,15,19)(H,20,21,22);;/q;+1;-1/b8-7+;;. The number of esters is 1. The van der Waals surface area contributed by atoms with Gasteiger partial charge in [-0.2, -0.15) is 8.42 Å². The maximum Gasteiger partial charge on any atom is 1.00 e. The molecule has 1 rings (SSSR count). The third-order valence-corrected chi connectivity index (χ3v) is 3.98. The van der Waals surface area contributed by atoms with E-state index in [1.807, 2.05) is 0 Å². The summed E-state index contributed by atoms with van der Waals surface area (Å²) in [4.78, 5) is 35.4. The second-order valence-corrected chi connectivity index (χ2v) is 7.61. The molecule has 1 fully saturated rings. The van der Waals surface area contributed by atoms with Crippen molar-refractivity contribution < 1.29 is 67.8 Å². The van der Waals surface area contributed by atoms with Gasteiger partial charge in [0.15, 0.2) is 0 Å². The maximum atomic E-state index is 12.0. The van der Waals surface area contributed by atoms with Crippen LogP contribution in [0.1, 0.15) is 36.0 Å². The molecule has 144 valence electrons. The number of nitrogens with zero attached hydrogens (tertiary/aromatic N) is 1. The Morgan fingerprint density at radius 3 is 2.35 bits per heavy atom. The van der Waals surface area contributed by atoms with Crippen molar-refractivity contribution in [3.63, 3.8) is 0 Å². The summed E-state index contributed by atoms with van der Waals surface area (Å²) < 4.78 is 41.9. The van der Waals surface area contributed by atoms with Crippen LogP contribution in [0.2, 0.25) is 0 Å². The molecule has 26 heavy (non-hydrogen) atoms. The number of hydrogen-bond acceptors (Lipinski definition) is 7. The average Bonchev–Trinajstić information content (AvgIpc) is 2.38. The van der Waals surface area contributed by atoms with E-state index in [1.54, 1.807) is 27.7 Å². The van der Waals surface area contributed by atoms with Gasteiger partial charge in [-0.25, -0.2) is 13.9 Å². The maximum absolute atomic E-state index is 12.0. The summed E-state index contributed by atoms with van der Waals surface area (Å²) >= 11 is 0. The van der Waals surface area contributed by atoms with Gasteiger partial charge in [0.2, 0.25) is 0 Å². The normalized spacial score (nSPS) is 20.6. The SMILES string of the molecule is CCOC(=O)/C=C(\C)C1C(NC(=O)OC(C)(C)C)C(=O)N1S(=O)(=O)O.[H-].[Na+]. The molecule has 12 heteroatoms. The Bertz CT molecular complexity index is 704. The fraction of sp³-hybridized carbons (Fsp3) is 0.643. The molecular formula is C14H23N2NaO8S. The van der Waals surface area contributed by atoms with Gasteiger partial charge < -0.3 is 16.2 Å². The molecule has 10 nitrogen and oxygen atoms in total. The Labute approximate surface area is 175 Å². The molecule has 2 N–H and O–H groups in total. The van der Waals surface area contributed by atoms with E-state index in [-0.39, 0.29) is 47.5 Å². The molecule has 2 unspecified atom stereocenters. The van der Waals surface area contributed by atoms with Crippen molar-refractivity contribution in [2.24, 2.45) is 0 Å². The molecule has 0 aromatic rings. The predicted molar refractivity (Wildman–Crippen MR) is 86.8 cm³/mol. The zero-order valence-corrected chi connectivity index (χ0v) is 18.4. The molecule has 0 aromatic heterocycles. The molecule has 2 atom stereocenters. The van der Waals surface area contributed by atoms with Crippen LogP contribution < -0.4 is 34.9 Å². The van der Waals surface area contributed by atoms with Crippen LogP contribution in [-0.4, -0.2) is 59.5 Å². The number of rotatable bonds is 5. The second-order valence-electron chi connectivity index (χ2n) is 6.32. The van der Waals surface area contributed by atoms with Gasteiger partial charge in [0.25, 0.3) is 5.91 Å². The van der Waals surface area contributed by atoms with Crippen LogP contribution >= 0.6 is 0 Å². The molecule has 1 aliphatic rings. The van der Waals surface area contributed by atoms with Gasteiger partial charge in [0.1, 0.15) is 17.7 Å². The Kier molecular flexibility index (Phi) is 8.77. The van der Waals surface area contributed by atoms with Crippen LogP contribution in [0, 0.1) is 0 Å². The zero-order valence-electron chi connectivity index (χ0n) is 16.6. The van der Waals surface area contributed by atoms with E-state index in [0.717, 1.165) is 6.08 Å². The van der Waals surface area contributed by atoms with Crippen molar-refractivity contribution in [3.8, 4) is 0 Å². The van der Waals surface area contributed by atoms with E-state index < -0.39 is 46.0 Å². The summed E-state index contributed by atoms with van der Waals surface area (Å²) in [6.07, 6.45) is 0.0533. The van der Waals surface area contributed by atoms with E-state index in [9.17, 15) is 27.4 Å². The number of alkyl carbamates (subject to hydrolysis) is 1. The molecule has 0 aromatic carbocycles. The van der Waals surface area contributed by atoms with E-state index in [2.05, 4.69) is 5.32 Å². The Hall–Kier alpha value is -1.14. The van der Waals surface area contributed by atoms with Gasteiger partial charge in [0.05, 0.1) is 6.61 Å². The second kappa shape index (κ2) is 9.18. The first-order valence-electron chi connectivity index (χ1n) is 7.43. The van der Waals surface area contributed by atoms with Crippen LogP contribution in [-0.2, 0) is 29.4 Å². The van der Waals surface area contributed by atoms with Crippen molar-refractivity contribution >= 4 is 28.3 Å². The summed E-state index contributed by atoms with van der Waals surface area (Å²) in [5, 5.41) is 2.24. The molecule has 0 bridgehead atoms.